The van der Waals surface area contributed by atoms with Crippen molar-refractivity contribution in [2.75, 3.05) is 44.5 Å². The molecule has 0 bridgehead atoms. The number of halogens is 3. The van der Waals surface area contributed by atoms with Gasteiger partial charge in [0.1, 0.15) is 6.61 Å². The Morgan fingerprint density at radius 1 is 0.974 bits per heavy atom. The van der Waals surface area contributed by atoms with Crippen LogP contribution in [0.4, 0.5) is 13.2 Å². The van der Waals surface area contributed by atoms with Crippen LogP contribution in [0, 0.1) is 0 Å². The Morgan fingerprint density at radius 2 is 1.68 bits per heavy atom. The SMILES string of the molecule is CCC(=O)OCCOCCSCCOCCn1cc2oc(=O)c(-c3ccccc3C(F)(F)F)cc2cc1=O. The van der Waals surface area contributed by atoms with Crippen LogP contribution in [0.25, 0.3) is 22.1 Å². The zero-order valence-corrected chi connectivity index (χ0v) is 21.6. The van der Waals surface area contributed by atoms with Crippen molar-refractivity contribution in [3.8, 4) is 11.1 Å². The molecule has 8 nitrogen and oxygen atoms in total. The van der Waals surface area contributed by atoms with E-state index < -0.39 is 22.9 Å². The highest BCUT2D eigenvalue weighted by Crippen LogP contribution is 2.36. The van der Waals surface area contributed by atoms with Crippen molar-refractivity contribution in [1.82, 2.24) is 4.57 Å². The number of ether oxygens (including phenoxy) is 3. The number of hydrogen-bond donors (Lipinski definition) is 0. The lowest BCUT2D eigenvalue weighted by Gasteiger charge is -2.12. The number of alkyl halides is 3. The molecule has 0 aliphatic heterocycles. The molecule has 0 saturated heterocycles. The quantitative estimate of drug-likeness (QED) is 0.214. The highest BCUT2D eigenvalue weighted by atomic mass is 32.2. The van der Waals surface area contributed by atoms with Crippen LogP contribution in [0.2, 0.25) is 0 Å². The largest absolute Gasteiger partial charge is 0.463 e. The number of benzene rings is 1. The van der Waals surface area contributed by atoms with E-state index in [0.29, 0.717) is 26.2 Å². The minimum atomic E-state index is -4.65. The lowest BCUT2D eigenvalue weighted by Crippen LogP contribution is -2.22. The first-order valence-electron chi connectivity index (χ1n) is 11.9. The normalized spacial score (nSPS) is 11.7. The van der Waals surface area contributed by atoms with Crippen molar-refractivity contribution >= 4 is 28.7 Å². The summed E-state index contributed by atoms with van der Waals surface area (Å²) in [7, 11) is 0. The number of esters is 1. The standard InChI is InChI=1S/C26H28F3NO7S/c1-2-24(32)36-10-9-35-12-14-38-13-11-34-8-7-30-17-22-18(16-23(30)31)15-20(25(33)37-22)19-5-3-4-6-21(19)26(27,28)29/h3-6,15-17H,2,7-14H2,1H3. The Balaban J connectivity index is 1.49. The van der Waals surface area contributed by atoms with E-state index in [4.69, 9.17) is 18.6 Å². The highest BCUT2D eigenvalue weighted by Gasteiger charge is 2.34. The van der Waals surface area contributed by atoms with Crippen LogP contribution in [-0.4, -0.2) is 55.1 Å². The van der Waals surface area contributed by atoms with Gasteiger partial charge in [0.15, 0.2) is 5.58 Å². The maximum atomic E-state index is 13.4. The van der Waals surface area contributed by atoms with E-state index in [1.807, 2.05) is 0 Å². The summed E-state index contributed by atoms with van der Waals surface area (Å²) in [6.45, 7) is 3.75. The van der Waals surface area contributed by atoms with E-state index in [-0.39, 0.29) is 47.8 Å². The van der Waals surface area contributed by atoms with Gasteiger partial charge >= 0.3 is 17.8 Å². The number of rotatable bonds is 14. The van der Waals surface area contributed by atoms with Gasteiger partial charge in [0, 0.05) is 41.5 Å². The zero-order chi connectivity index (χ0) is 27.5. The van der Waals surface area contributed by atoms with Gasteiger partial charge in [-0.05, 0) is 12.1 Å². The molecule has 3 rings (SSSR count). The van der Waals surface area contributed by atoms with Gasteiger partial charge in [-0.25, -0.2) is 4.79 Å². The van der Waals surface area contributed by atoms with Crippen LogP contribution in [0.1, 0.15) is 18.9 Å². The summed E-state index contributed by atoms with van der Waals surface area (Å²) in [6, 6.07) is 7.17. The lowest BCUT2D eigenvalue weighted by atomic mass is 10.00. The van der Waals surface area contributed by atoms with Gasteiger partial charge in [-0.3, -0.25) is 9.59 Å². The van der Waals surface area contributed by atoms with E-state index in [9.17, 15) is 27.6 Å². The summed E-state index contributed by atoms with van der Waals surface area (Å²) >= 11 is 1.63. The molecule has 2 heterocycles. The van der Waals surface area contributed by atoms with Crippen molar-refractivity contribution in [3.63, 3.8) is 0 Å². The molecule has 3 aromatic rings. The third-order valence-corrected chi connectivity index (χ3v) is 6.28. The van der Waals surface area contributed by atoms with Crippen LogP contribution in [-0.2, 0) is 31.7 Å². The van der Waals surface area contributed by atoms with Crippen LogP contribution >= 0.6 is 11.8 Å². The maximum absolute atomic E-state index is 13.4. The fourth-order valence-corrected chi connectivity index (χ4v) is 4.16. The number of nitrogens with zero attached hydrogens (tertiary/aromatic N) is 1. The van der Waals surface area contributed by atoms with Gasteiger partial charge in [0.25, 0.3) is 5.56 Å². The van der Waals surface area contributed by atoms with Crippen molar-refractivity contribution in [2.45, 2.75) is 26.1 Å². The summed E-state index contributed by atoms with van der Waals surface area (Å²) in [6.07, 6.45) is -2.96. The summed E-state index contributed by atoms with van der Waals surface area (Å²) in [4.78, 5) is 36.0. The number of aromatic nitrogens is 1. The molecule has 0 N–H and O–H groups in total. The van der Waals surface area contributed by atoms with Gasteiger partial charge in [0.2, 0.25) is 0 Å². The van der Waals surface area contributed by atoms with Crippen molar-refractivity contribution in [3.05, 3.63) is 68.9 Å². The minimum Gasteiger partial charge on any atom is -0.463 e. The lowest BCUT2D eigenvalue weighted by molar-refractivity contribution is -0.144. The average Bonchev–Trinajstić information content (AvgIpc) is 2.88. The molecule has 0 saturated carbocycles. The average molecular weight is 556 g/mol. The smallest absolute Gasteiger partial charge is 0.417 e. The van der Waals surface area contributed by atoms with E-state index in [1.165, 1.54) is 41.1 Å². The predicted molar refractivity (Wildman–Crippen MR) is 137 cm³/mol. The predicted octanol–water partition coefficient (Wildman–Crippen LogP) is 4.36. The van der Waals surface area contributed by atoms with E-state index in [0.717, 1.165) is 17.6 Å². The summed E-state index contributed by atoms with van der Waals surface area (Å²) in [5.41, 5.74) is -2.79. The molecule has 12 heteroatoms. The number of thioether (sulfide) groups is 1. The maximum Gasteiger partial charge on any atom is 0.417 e. The second-order valence-corrected chi connectivity index (χ2v) is 9.25. The zero-order valence-electron chi connectivity index (χ0n) is 20.8. The first-order chi connectivity index (χ1) is 18.2. The monoisotopic (exact) mass is 555 g/mol. The number of pyridine rings is 1. The number of carbonyl (C=O) groups is 1. The molecule has 0 atom stereocenters. The molecular formula is C26H28F3NO7S. The fourth-order valence-electron chi connectivity index (χ4n) is 3.48. The molecule has 0 spiro atoms. The number of fused-ring (bicyclic) bond motifs is 1. The van der Waals surface area contributed by atoms with Crippen LogP contribution in [0.15, 0.2) is 56.6 Å². The molecule has 0 aliphatic rings. The van der Waals surface area contributed by atoms with Gasteiger partial charge in [0.05, 0.1) is 43.8 Å². The highest BCUT2D eigenvalue weighted by molar-refractivity contribution is 7.99. The van der Waals surface area contributed by atoms with E-state index in [2.05, 4.69) is 0 Å². The Morgan fingerprint density at radius 3 is 2.39 bits per heavy atom. The van der Waals surface area contributed by atoms with Crippen molar-refractivity contribution in [1.29, 1.82) is 0 Å². The Bertz CT molecular complexity index is 1340. The van der Waals surface area contributed by atoms with Gasteiger partial charge in [-0.1, -0.05) is 25.1 Å². The van der Waals surface area contributed by atoms with Crippen LogP contribution < -0.4 is 11.2 Å². The third kappa shape index (κ3) is 8.47. The van der Waals surface area contributed by atoms with E-state index in [1.54, 1.807) is 18.7 Å². The Labute approximate surface area is 220 Å². The first-order valence-corrected chi connectivity index (χ1v) is 13.1. The molecule has 0 fully saturated rings. The molecule has 206 valence electrons. The molecular weight excluding hydrogens is 527 g/mol. The third-order valence-electron chi connectivity index (χ3n) is 5.36. The number of carbonyl (C=O) groups excluding carboxylic acids is 1. The summed E-state index contributed by atoms with van der Waals surface area (Å²) in [5, 5.41) is 0.223. The molecule has 0 unspecified atom stereocenters. The minimum absolute atomic E-state index is 0.0860. The van der Waals surface area contributed by atoms with Gasteiger partial charge in [-0.15, -0.1) is 0 Å². The number of hydrogen-bond acceptors (Lipinski definition) is 8. The Kier molecular flexibility index (Phi) is 11.0. The summed E-state index contributed by atoms with van der Waals surface area (Å²) < 4.78 is 62.6. The molecule has 0 radical (unpaired) electrons. The topological polar surface area (TPSA) is 97.0 Å². The van der Waals surface area contributed by atoms with Crippen molar-refractivity contribution in [2.24, 2.45) is 0 Å². The second-order valence-electron chi connectivity index (χ2n) is 8.03. The fraction of sp³-hybridized carbons (Fsp3) is 0.423. The summed E-state index contributed by atoms with van der Waals surface area (Å²) in [5.74, 6) is 1.22. The molecule has 1 aromatic carbocycles. The first kappa shape index (κ1) is 29.5. The molecule has 38 heavy (non-hydrogen) atoms. The molecule has 0 amide bonds. The second kappa shape index (κ2) is 14.2. The van der Waals surface area contributed by atoms with E-state index >= 15 is 0 Å². The van der Waals surface area contributed by atoms with Crippen LogP contribution in [0.3, 0.4) is 0 Å². The van der Waals surface area contributed by atoms with Gasteiger partial charge in [-0.2, -0.15) is 24.9 Å². The van der Waals surface area contributed by atoms with Crippen LogP contribution in [0.5, 0.6) is 0 Å². The Hall–Kier alpha value is -3.09. The van der Waals surface area contributed by atoms with Crippen molar-refractivity contribution < 1.29 is 36.6 Å². The van der Waals surface area contributed by atoms with Gasteiger partial charge < -0.3 is 23.2 Å². The molecule has 0 aliphatic carbocycles. The molecule has 2 aromatic heterocycles.